The van der Waals surface area contributed by atoms with Gasteiger partial charge in [-0.3, -0.25) is 0 Å². The summed E-state index contributed by atoms with van der Waals surface area (Å²) in [5.41, 5.74) is 6.42. The second-order valence-electron chi connectivity index (χ2n) is 12.3. The lowest BCUT2D eigenvalue weighted by Gasteiger charge is -2.25. The van der Waals surface area contributed by atoms with Crippen LogP contribution in [0.25, 0.3) is 5.57 Å². The molecular weight excluding hydrogens is 581 g/mol. The fourth-order valence-corrected chi connectivity index (χ4v) is 5.99. The van der Waals surface area contributed by atoms with Gasteiger partial charge >= 0.3 is 0 Å². The van der Waals surface area contributed by atoms with Gasteiger partial charge in [0.05, 0.1) is 0 Å². The van der Waals surface area contributed by atoms with E-state index in [2.05, 4.69) is 86.4 Å². The Morgan fingerprint density at radius 2 is 1.69 bits per heavy atom. The number of rotatable bonds is 14. The zero-order valence-corrected chi connectivity index (χ0v) is 29.2. The Hall–Kier alpha value is -2.96. The highest BCUT2D eigenvalue weighted by molar-refractivity contribution is 6.30. The van der Waals surface area contributed by atoms with E-state index in [-0.39, 0.29) is 0 Å². The molecule has 5 nitrogen and oxygen atoms in total. The molecule has 1 heterocycles. The maximum atomic E-state index is 13.9. The number of hydrogen-bond donors (Lipinski definition) is 2. The van der Waals surface area contributed by atoms with Crippen molar-refractivity contribution >= 4 is 34.6 Å². The number of anilines is 3. The monoisotopic (exact) mass is 635 g/mol. The summed E-state index contributed by atoms with van der Waals surface area (Å²) >= 11 is 6.04. The molecule has 0 amide bonds. The van der Waals surface area contributed by atoms with Crippen molar-refractivity contribution in [1.82, 2.24) is 14.9 Å². The standard InChI is InChI=1S/C29H34ClFN4.C9H21N/c1-4-19(3)27(21-13-11-20(5-2)12-14-21)26-18-32-29(34-25-16-22(30)15-23(31)17-25)35-28(26)33-24-9-7-6-8-10-24;1-4-6-7-9-10(3)8-5-2/h11-18,24H,4-10H2,1-3H3,(H2,32,33,34,35);4-9H2,1-3H3. The van der Waals surface area contributed by atoms with Crippen LogP contribution in [-0.4, -0.2) is 41.0 Å². The number of unbranched alkanes of at least 4 members (excludes halogenated alkanes) is 2. The third kappa shape index (κ3) is 12.1. The third-order valence-electron chi connectivity index (χ3n) is 8.48. The predicted octanol–water partition coefficient (Wildman–Crippen LogP) is 11.1. The Kier molecular flexibility index (Phi) is 15.8. The zero-order chi connectivity index (χ0) is 32.6. The van der Waals surface area contributed by atoms with Crippen molar-refractivity contribution in [2.45, 2.75) is 111 Å². The van der Waals surface area contributed by atoms with Crippen LogP contribution < -0.4 is 10.6 Å². The number of aryl methyl sites for hydroxylation is 1. The predicted molar refractivity (Wildman–Crippen MR) is 192 cm³/mol. The van der Waals surface area contributed by atoms with Crippen molar-refractivity contribution in [3.63, 3.8) is 0 Å². The van der Waals surface area contributed by atoms with Gasteiger partial charge in [0.2, 0.25) is 5.95 Å². The van der Waals surface area contributed by atoms with Crippen molar-refractivity contribution in [3.05, 3.63) is 81.8 Å². The summed E-state index contributed by atoms with van der Waals surface area (Å²) in [6.07, 6.45) is 15.2. The van der Waals surface area contributed by atoms with Gasteiger partial charge in [-0.2, -0.15) is 4.98 Å². The lowest BCUT2D eigenvalue weighted by Crippen LogP contribution is -2.24. The second-order valence-corrected chi connectivity index (χ2v) is 12.7. The quantitative estimate of drug-likeness (QED) is 0.173. The first-order valence-electron chi connectivity index (χ1n) is 17.1. The van der Waals surface area contributed by atoms with Crippen molar-refractivity contribution in [3.8, 4) is 0 Å². The van der Waals surface area contributed by atoms with Gasteiger partial charge < -0.3 is 15.5 Å². The molecule has 0 atom stereocenters. The van der Waals surface area contributed by atoms with E-state index in [0.717, 1.165) is 48.2 Å². The van der Waals surface area contributed by atoms with E-state index in [0.29, 0.717) is 22.7 Å². The summed E-state index contributed by atoms with van der Waals surface area (Å²) in [6.45, 7) is 13.5. The van der Waals surface area contributed by atoms with Gasteiger partial charge in [-0.15, -0.1) is 0 Å². The molecule has 3 aromatic rings. The smallest absolute Gasteiger partial charge is 0.229 e. The molecular formula is C38H55ClFN5. The molecule has 2 N–H and O–H groups in total. The highest BCUT2D eigenvalue weighted by Crippen LogP contribution is 2.34. The fraction of sp³-hybridized carbons (Fsp3) is 0.526. The molecule has 4 rings (SSSR count). The maximum absolute atomic E-state index is 13.9. The normalized spacial score (nSPS) is 14.1. The van der Waals surface area contributed by atoms with Gasteiger partial charge in [0, 0.05) is 28.5 Å². The Balaban J connectivity index is 0.000000477. The largest absolute Gasteiger partial charge is 0.367 e. The molecule has 0 spiro atoms. The fourth-order valence-electron chi connectivity index (χ4n) is 5.77. The van der Waals surface area contributed by atoms with E-state index >= 15 is 0 Å². The summed E-state index contributed by atoms with van der Waals surface area (Å²) < 4.78 is 13.9. The van der Waals surface area contributed by atoms with Crippen LogP contribution >= 0.6 is 11.6 Å². The van der Waals surface area contributed by atoms with Gasteiger partial charge in [0.25, 0.3) is 0 Å². The lowest BCUT2D eigenvalue weighted by atomic mass is 9.91. The van der Waals surface area contributed by atoms with E-state index in [9.17, 15) is 4.39 Å². The summed E-state index contributed by atoms with van der Waals surface area (Å²) in [7, 11) is 2.21. The molecule has 7 heteroatoms. The molecule has 1 aliphatic carbocycles. The SMILES string of the molecule is CCC(C)=C(c1ccc(CC)cc1)c1cnc(Nc2cc(F)cc(Cl)c2)nc1NC1CCCCC1.CCCCCN(C)CCC. The number of benzene rings is 2. The minimum atomic E-state index is -0.406. The Morgan fingerprint density at radius 1 is 0.956 bits per heavy atom. The van der Waals surface area contributed by atoms with Crippen LogP contribution in [0.2, 0.25) is 5.02 Å². The highest BCUT2D eigenvalue weighted by Gasteiger charge is 2.20. The van der Waals surface area contributed by atoms with Crippen LogP contribution in [0.5, 0.6) is 0 Å². The second kappa shape index (κ2) is 19.5. The Morgan fingerprint density at radius 3 is 2.31 bits per heavy atom. The molecule has 45 heavy (non-hydrogen) atoms. The van der Waals surface area contributed by atoms with E-state index in [1.807, 2.05) is 6.20 Å². The van der Waals surface area contributed by atoms with Crippen molar-refractivity contribution in [1.29, 1.82) is 0 Å². The molecule has 0 unspecified atom stereocenters. The van der Waals surface area contributed by atoms with E-state index in [4.69, 9.17) is 16.6 Å². The Bertz CT molecular complexity index is 1310. The van der Waals surface area contributed by atoms with E-state index in [1.165, 1.54) is 81.3 Å². The van der Waals surface area contributed by atoms with Gasteiger partial charge in [0.15, 0.2) is 0 Å². The highest BCUT2D eigenvalue weighted by atomic mass is 35.5. The van der Waals surface area contributed by atoms with E-state index < -0.39 is 5.82 Å². The summed E-state index contributed by atoms with van der Waals surface area (Å²) in [5, 5.41) is 7.17. The summed E-state index contributed by atoms with van der Waals surface area (Å²) in [4.78, 5) is 11.9. The van der Waals surface area contributed by atoms with Crippen LogP contribution in [0, 0.1) is 5.82 Å². The van der Waals surface area contributed by atoms with E-state index in [1.54, 1.807) is 6.07 Å². The van der Waals surface area contributed by atoms with Crippen LogP contribution in [0.4, 0.5) is 21.8 Å². The number of allylic oxidation sites excluding steroid dienone is 1. The van der Waals surface area contributed by atoms with Crippen molar-refractivity contribution in [2.24, 2.45) is 0 Å². The molecule has 1 fully saturated rings. The molecule has 1 aromatic heterocycles. The average Bonchev–Trinajstić information content (AvgIpc) is 3.03. The van der Waals surface area contributed by atoms with Crippen molar-refractivity contribution in [2.75, 3.05) is 30.8 Å². The number of nitrogens with one attached hydrogen (secondary N) is 2. The van der Waals surface area contributed by atoms with Crippen molar-refractivity contribution < 1.29 is 4.39 Å². The average molecular weight is 636 g/mol. The molecule has 2 aromatic carbocycles. The van der Waals surface area contributed by atoms with Gasteiger partial charge in [-0.1, -0.05) is 101 Å². The molecule has 0 bridgehead atoms. The summed E-state index contributed by atoms with van der Waals surface area (Å²) in [5.74, 6) is 0.805. The summed E-state index contributed by atoms with van der Waals surface area (Å²) in [6, 6.07) is 13.5. The first-order valence-corrected chi connectivity index (χ1v) is 17.5. The van der Waals surface area contributed by atoms with Crippen LogP contribution in [-0.2, 0) is 6.42 Å². The molecule has 246 valence electrons. The lowest BCUT2D eigenvalue weighted by molar-refractivity contribution is 0.326. The first kappa shape index (κ1) is 36.5. The Labute approximate surface area is 277 Å². The molecule has 0 saturated heterocycles. The first-order chi connectivity index (χ1) is 21.8. The number of aromatic nitrogens is 2. The minimum absolute atomic E-state index is 0.323. The number of halogens is 2. The molecule has 1 aliphatic rings. The topological polar surface area (TPSA) is 53.1 Å². The zero-order valence-electron chi connectivity index (χ0n) is 28.5. The van der Waals surface area contributed by atoms with Crippen LogP contribution in [0.15, 0.2) is 54.2 Å². The van der Waals surface area contributed by atoms with Crippen LogP contribution in [0.1, 0.15) is 116 Å². The van der Waals surface area contributed by atoms with Gasteiger partial charge in [0.1, 0.15) is 11.6 Å². The number of nitrogens with zero attached hydrogens (tertiary/aromatic N) is 3. The molecule has 0 radical (unpaired) electrons. The third-order valence-corrected chi connectivity index (χ3v) is 8.70. The van der Waals surface area contributed by atoms with Gasteiger partial charge in [-0.05, 0) is 100 Å². The number of hydrogen-bond acceptors (Lipinski definition) is 5. The molecule has 1 saturated carbocycles. The molecule has 0 aliphatic heterocycles. The minimum Gasteiger partial charge on any atom is -0.367 e. The van der Waals surface area contributed by atoms with Crippen LogP contribution in [0.3, 0.4) is 0 Å². The maximum Gasteiger partial charge on any atom is 0.229 e. The van der Waals surface area contributed by atoms with Gasteiger partial charge in [-0.25, -0.2) is 9.37 Å².